The van der Waals surface area contributed by atoms with E-state index < -0.39 is 15.9 Å². The van der Waals surface area contributed by atoms with Crippen LogP contribution in [0.2, 0.25) is 10.0 Å². The first-order valence-corrected chi connectivity index (χ1v) is 11.5. The number of carbonyl (C=O) groups excluding carboxylic acids is 1. The number of nitrogens with one attached hydrogen (secondary N) is 1. The lowest BCUT2D eigenvalue weighted by Crippen LogP contribution is -2.41. The molecule has 29 heavy (non-hydrogen) atoms. The zero-order valence-electron chi connectivity index (χ0n) is 17.2. The topological polar surface area (TPSA) is 66.5 Å². The SMILES string of the molecule is CCN(CC(=O)NC(C)c1cc(C)c(C)cc1C)S(=O)(=O)c1cc(Cl)ccc1Cl. The molecule has 1 N–H and O–H groups in total. The first kappa shape index (κ1) is 23.7. The zero-order valence-corrected chi connectivity index (χ0v) is 19.5. The molecule has 0 bridgehead atoms. The number of hydrogen-bond acceptors (Lipinski definition) is 3. The van der Waals surface area contributed by atoms with Gasteiger partial charge in [0.1, 0.15) is 4.90 Å². The molecule has 0 aliphatic rings. The summed E-state index contributed by atoms with van der Waals surface area (Å²) in [6.45, 7) is 9.42. The number of aryl methyl sites for hydroxylation is 3. The van der Waals surface area contributed by atoms with E-state index in [1.165, 1.54) is 23.8 Å². The summed E-state index contributed by atoms with van der Waals surface area (Å²) < 4.78 is 27.0. The second-order valence-electron chi connectivity index (χ2n) is 7.09. The van der Waals surface area contributed by atoms with Crippen LogP contribution in [-0.2, 0) is 14.8 Å². The Hall–Kier alpha value is -1.60. The normalized spacial score (nSPS) is 12.8. The number of likely N-dealkylation sites (N-methyl/N-ethyl adjacent to an activating group) is 1. The molecule has 0 saturated heterocycles. The Labute approximate surface area is 183 Å². The standard InChI is InChI=1S/C21H26Cl2N2O3S/c1-6-25(29(27,28)20-11-17(22)7-8-19(20)23)12-21(26)24-16(5)18-10-14(3)13(2)9-15(18)4/h7-11,16H,6,12H2,1-5H3,(H,24,26). The Morgan fingerprint density at radius 2 is 1.69 bits per heavy atom. The van der Waals surface area contributed by atoms with E-state index in [-0.39, 0.29) is 34.1 Å². The highest BCUT2D eigenvalue weighted by Gasteiger charge is 2.28. The molecule has 0 aliphatic heterocycles. The summed E-state index contributed by atoms with van der Waals surface area (Å²) in [5.41, 5.74) is 4.41. The van der Waals surface area contributed by atoms with Crippen molar-refractivity contribution in [2.75, 3.05) is 13.1 Å². The monoisotopic (exact) mass is 456 g/mol. The van der Waals surface area contributed by atoms with Gasteiger partial charge in [-0.15, -0.1) is 0 Å². The summed E-state index contributed by atoms with van der Waals surface area (Å²) in [6, 6.07) is 8.11. The van der Waals surface area contributed by atoms with Crippen molar-refractivity contribution in [3.63, 3.8) is 0 Å². The maximum absolute atomic E-state index is 13.0. The minimum absolute atomic E-state index is 0.0624. The van der Waals surface area contributed by atoms with E-state index >= 15 is 0 Å². The third kappa shape index (κ3) is 5.51. The molecule has 2 rings (SSSR count). The van der Waals surface area contributed by atoms with Gasteiger partial charge in [0, 0.05) is 11.6 Å². The number of benzene rings is 2. The van der Waals surface area contributed by atoms with Crippen molar-refractivity contribution in [3.8, 4) is 0 Å². The number of hydrogen-bond donors (Lipinski definition) is 1. The van der Waals surface area contributed by atoms with Crippen molar-refractivity contribution in [1.29, 1.82) is 0 Å². The molecule has 0 aliphatic carbocycles. The fourth-order valence-corrected chi connectivity index (χ4v) is 5.30. The molecule has 8 heteroatoms. The minimum atomic E-state index is -3.96. The van der Waals surface area contributed by atoms with E-state index in [0.29, 0.717) is 0 Å². The molecule has 0 radical (unpaired) electrons. The highest BCUT2D eigenvalue weighted by molar-refractivity contribution is 7.89. The Morgan fingerprint density at radius 3 is 2.31 bits per heavy atom. The lowest BCUT2D eigenvalue weighted by molar-refractivity contribution is -0.121. The van der Waals surface area contributed by atoms with Gasteiger partial charge in [-0.25, -0.2) is 8.42 Å². The van der Waals surface area contributed by atoms with E-state index in [9.17, 15) is 13.2 Å². The largest absolute Gasteiger partial charge is 0.348 e. The molecular formula is C21H26Cl2N2O3S. The van der Waals surface area contributed by atoms with Gasteiger partial charge in [-0.3, -0.25) is 4.79 Å². The molecule has 5 nitrogen and oxygen atoms in total. The predicted molar refractivity (Wildman–Crippen MR) is 118 cm³/mol. The molecule has 1 amide bonds. The molecule has 2 aromatic rings. The Morgan fingerprint density at radius 1 is 1.07 bits per heavy atom. The van der Waals surface area contributed by atoms with Crippen LogP contribution in [-0.4, -0.2) is 31.7 Å². The second kappa shape index (κ2) is 9.47. The van der Waals surface area contributed by atoms with E-state index in [4.69, 9.17) is 23.2 Å². The van der Waals surface area contributed by atoms with Gasteiger partial charge >= 0.3 is 0 Å². The van der Waals surface area contributed by atoms with Gasteiger partial charge in [-0.1, -0.05) is 42.3 Å². The highest BCUT2D eigenvalue weighted by Crippen LogP contribution is 2.28. The number of sulfonamides is 1. The minimum Gasteiger partial charge on any atom is -0.348 e. The van der Waals surface area contributed by atoms with Crippen LogP contribution in [0.3, 0.4) is 0 Å². The van der Waals surface area contributed by atoms with Crippen LogP contribution in [0.25, 0.3) is 0 Å². The van der Waals surface area contributed by atoms with E-state index in [0.717, 1.165) is 21.0 Å². The molecule has 2 aromatic carbocycles. The first-order chi connectivity index (χ1) is 13.5. The summed E-state index contributed by atoms with van der Waals surface area (Å²) in [5, 5.41) is 3.21. The van der Waals surface area contributed by atoms with Crippen LogP contribution in [0.5, 0.6) is 0 Å². The van der Waals surface area contributed by atoms with Crippen LogP contribution < -0.4 is 5.32 Å². The Kier molecular flexibility index (Phi) is 7.74. The van der Waals surface area contributed by atoms with Crippen molar-refractivity contribution in [3.05, 3.63) is 62.6 Å². The average molecular weight is 457 g/mol. The molecule has 0 saturated carbocycles. The fraction of sp³-hybridized carbons (Fsp3) is 0.381. The molecule has 1 atom stereocenters. The third-order valence-electron chi connectivity index (χ3n) is 4.91. The predicted octanol–water partition coefficient (Wildman–Crippen LogP) is 4.81. The summed E-state index contributed by atoms with van der Waals surface area (Å²) in [6.07, 6.45) is 0. The summed E-state index contributed by atoms with van der Waals surface area (Å²) in [4.78, 5) is 12.5. The maximum Gasteiger partial charge on any atom is 0.245 e. The number of halogens is 2. The third-order valence-corrected chi connectivity index (χ3v) is 7.55. The number of rotatable bonds is 7. The van der Waals surface area contributed by atoms with Crippen LogP contribution in [0.4, 0.5) is 0 Å². The van der Waals surface area contributed by atoms with Gasteiger partial charge in [0.05, 0.1) is 17.6 Å². The molecule has 0 heterocycles. The number of amides is 1. The maximum atomic E-state index is 13.0. The lowest BCUT2D eigenvalue weighted by Gasteiger charge is -2.23. The van der Waals surface area contributed by atoms with Crippen molar-refractivity contribution >= 4 is 39.1 Å². The molecule has 0 fully saturated rings. The Bertz CT molecular complexity index is 1020. The van der Waals surface area contributed by atoms with E-state index in [1.807, 2.05) is 27.7 Å². The summed E-state index contributed by atoms with van der Waals surface area (Å²) in [7, 11) is -3.96. The van der Waals surface area contributed by atoms with Crippen molar-refractivity contribution in [1.82, 2.24) is 9.62 Å². The highest BCUT2D eigenvalue weighted by atomic mass is 35.5. The van der Waals surface area contributed by atoms with E-state index in [1.54, 1.807) is 6.92 Å². The number of carbonyl (C=O) groups is 1. The molecule has 0 aromatic heterocycles. The van der Waals surface area contributed by atoms with Gasteiger partial charge in [0.25, 0.3) is 0 Å². The molecular weight excluding hydrogens is 431 g/mol. The van der Waals surface area contributed by atoms with Gasteiger partial charge in [-0.2, -0.15) is 4.31 Å². The van der Waals surface area contributed by atoms with Crippen LogP contribution >= 0.6 is 23.2 Å². The molecule has 0 spiro atoms. The molecule has 158 valence electrons. The van der Waals surface area contributed by atoms with Crippen molar-refractivity contribution in [2.24, 2.45) is 0 Å². The van der Waals surface area contributed by atoms with Gasteiger partial charge in [0.15, 0.2) is 0 Å². The van der Waals surface area contributed by atoms with Gasteiger partial charge in [0.2, 0.25) is 15.9 Å². The van der Waals surface area contributed by atoms with E-state index in [2.05, 4.69) is 17.4 Å². The van der Waals surface area contributed by atoms with Crippen LogP contribution in [0, 0.1) is 20.8 Å². The Balaban J connectivity index is 2.19. The van der Waals surface area contributed by atoms with Crippen LogP contribution in [0.1, 0.15) is 42.1 Å². The summed E-state index contributed by atoms with van der Waals surface area (Å²) >= 11 is 12.0. The van der Waals surface area contributed by atoms with Crippen molar-refractivity contribution in [2.45, 2.75) is 45.6 Å². The number of nitrogens with zero attached hydrogens (tertiary/aromatic N) is 1. The van der Waals surface area contributed by atoms with Gasteiger partial charge in [-0.05, 0) is 68.1 Å². The first-order valence-electron chi connectivity index (χ1n) is 9.29. The summed E-state index contributed by atoms with van der Waals surface area (Å²) in [5.74, 6) is -0.390. The smallest absolute Gasteiger partial charge is 0.245 e. The molecule has 1 unspecified atom stereocenters. The fourth-order valence-electron chi connectivity index (χ4n) is 3.16. The average Bonchev–Trinajstić information content (AvgIpc) is 2.64. The van der Waals surface area contributed by atoms with Gasteiger partial charge < -0.3 is 5.32 Å². The lowest BCUT2D eigenvalue weighted by atomic mass is 9.96. The van der Waals surface area contributed by atoms with Crippen LogP contribution in [0.15, 0.2) is 35.2 Å². The zero-order chi connectivity index (χ0) is 21.9. The second-order valence-corrected chi connectivity index (χ2v) is 9.84. The quantitative estimate of drug-likeness (QED) is 0.649. The van der Waals surface area contributed by atoms with Crippen molar-refractivity contribution < 1.29 is 13.2 Å².